The van der Waals surface area contributed by atoms with Gasteiger partial charge < -0.3 is 24.6 Å². The summed E-state index contributed by atoms with van der Waals surface area (Å²) in [6.07, 6.45) is 4.01. The molecule has 3 heterocycles. The van der Waals surface area contributed by atoms with Crippen LogP contribution in [-0.4, -0.2) is 87.5 Å². The molecule has 0 amide bonds. The van der Waals surface area contributed by atoms with Gasteiger partial charge in [0.25, 0.3) is 0 Å². The highest BCUT2D eigenvalue weighted by Crippen LogP contribution is 2.21. The van der Waals surface area contributed by atoms with E-state index in [0.717, 1.165) is 58.2 Å². The second-order valence-electron chi connectivity index (χ2n) is 7.02. The van der Waals surface area contributed by atoms with Crippen LogP contribution >= 0.6 is 0 Å². The van der Waals surface area contributed by atoms with E-state index >= 15 is 0 Å². The third-order valence-electron chi connectivity index (χ3n) is 5.10. The van der Waals surface area contributed by atoms with Gasteiger partial charge in [0.05, 0.1) is 12.7 Å². The molecule has 132 valence electrons. The molecule has 3 unspecified atom stereocenters. The first-order valence-corrected chi connectivity index (χ1v) is 9.21. The van der Waals surface area contributed by atoms with Gasteiger partial charge in [-0.15, -0.1) is 0 Å². The van der Waals surface area contributed by atoms with E-state index in [1.54, 1.807) is 0 Å². The fraction of sp³-hybridized carbons (Fsp3) is 0.941. The van der Waals surface area contributed by atoms with Crippen molar-refractivity contribution >= 4 is 5.96 Å². The molecule has 0 aromatic heterocycles. The van der Waals surface area contributed by atoms with Crippen LogP contribution in [0.15, 0.2) is 4.99 Å². The molecule has 1 N–H and O–H groups in total. The third-order valence-corrected chi connectivity index (χ3v) is 5.10. The summed E-state index contributed by atoms with van der Waals surface area (Å²) in [7, 11) is 2.20. The molecule has 6 heteroatoms. The Labute approximate surface area is 140 Å². The van der Waals surface area contributed by atoms with Crippen molar-refractivity contribution in [2.75, 3.05) is 59.5 Å². The van der Waals surface area contributed by atoms with Crippen molar-refractivity contribution in [3.8, 4) is 0 Å². The van der Waals surface area contributed by atoms with E-state index in [1.807, 2.05) is 0 Å². The summed E-state index contributed by atoms with van der Waals surface area (Å²) in [5.41, 5.74) is 0. The van der Waals surface area contributed by atoms with Gasteiger partial charge in [0, 0.05) is 39.3 Å². The lowest BCUT2D eigenvalue weighted by Crippen LogP contribution is -2.53. The number of rotatable bonds is 4. The van der Waals surface area contributed by atoms with E-state index < -0.39 is 0 Å². The van der Waals surface area contributed by atoms with E-state index in [2.05, 4.69) is 29.1 Å². The summed E-state index contributed by atoms with van der Waals surface area (Å²) in [4.78, 5) is 9.68. The maximum atomic E-state index is 5.96. The maximum absolute atomic E-state index is 5.96. The predicted molar refractivity (Wildman–Crippen MR) is 91.9 cm³/mol. The minimum Gasteiger partial charge on any atom is -0.375 e. The summed E-state index contributed by atoms with van der Waals surface area (Å²) < 4.78 is 11.8. The van der Waals surface area contributed by atoms with Crippen molar-refractivity contribution in [2.45, 2.75) is 38.4 Å². The van der Waals surface area contributed by atoms with Gasteiger partial charge in [-0.25, -0.2) is 0 Å². The number of nitrogens with one attached hydrogen (secondary N) is 1. The lowest BCUT2D eigenvalue weighted by Gasteiger charge is -2.37. The normalized spacial score (nSPS) is 33.4. The molecule has 0 bridgehead atoms. The minimum atomic E-state index is 0.188. The summed E-state index contributed by atoms with van der Waals surface area (Å²) in [6, 6.07) is 0. The van der Waals surface area contributed by atoms with Crippen molar-refractivity contribution < 1.29 is 9.47 Å². The van der Waals surface area contributed by atoms with Crippen LogP contribution < -0.4 is 5.32 Å². The first-order chi connectivity index (χ1) is 11.3. The van der Waals surface area contributed by atoms with Crippen molar-refractivity contribution in [3.63, 3.8) is 0 Å². The van der Waals surface area contributed by atoms with Gasteiger partial charge in [0.15, 0.2) is 5.96 Å². The standard InChI is InChI=1S/C17H32N4O2/c1-3-18-17(19-11-14-6-7-20(2)12-14)21-8-10-23-16(13-21)15-5-4-9-22-15/h14-16H,3-13H2,1-2H3,(H,18,19). The predicted octanol–water partition coefficient (Wildman–Crippen LogP) is 0.783. The van der Waals surface area contributed by atoms with Crippen LogP contribution in [0.3, 0.4) is 0 Å². The fourth-order valence-electron chi connectivity index (χ4n) is 3.81. The van der Waals surface area contributed by atoms with Crippen LogP contribution in [0.4, 0.5) is 0 Å². The van der Waals surface area contributed by atoms with Crippen LogP contribution in [0.2, 0.25) is 0 Å². The van der Waals surface area contributed by atoms with Gasteiger partial charge in [-0.1, -0.05) is 0 Å². The Morgan fingerprint density at radius 2 is 2.00 bits per heavy atom. The van der Waals surface area contributed by atoms with Gasteiger partial charge >= 0.3 is 0 Å². The third kappa shape index (κ3) is 4.58. The molecule has 3 rings (SSSR count). The smallest absolute Gasteiger partial charge is 0.194 e. The molecular formula is C17H32N4O2. The number of likely N-dealkylation sites (tertiary alicyclic amines) is 1. The average molecular weight is 324 g/mol. The quantitative estimate of drug-likeness (QED) is 0.612. The molecule has 3 aliphatic rings. The molecule has 0 spiro atoms. The Balaban J connectivity index is 1.57. The monoisotopic (exact) mass is 324 g/mol. The van der Waals surface area contributed by atoms with E-state index in [-0.39, 0.29) is 12.2 Å². The molecule has 0 aromatic rings. The van der Waals surface area contributed by atoms with Crippen molar-refractivity contribution in [2.24, 2.45) is 10.9 Å². The van der Waals surface area contributed by atoms with E-state index in [4.69, 9.17) is 14.5 Å². The zero-order valence-electron chi connectivity index (χ0n) is 14.7. The van der Waals surface area contributed by atoms with Gasteiger partial charge in [-0.3, -0.25) is 4.99 Å². The highest BCUT2D eigenvalue weighted by molar-refractivity contribution is 5.80. The Morgan fingerprint density at radius 1 is 1.13 bits per heavy atom. The van der Waals surface area contributed by atoms with Crippen molar-refractivity contribution in [1.29, 1.82) is 0 Å². The van der Waals surface area contributed by atoms with E-state index in [0.29, 0.717) is 5.92 Å². The first kappa shape index (κ1) is 17.0. The van der Waals surface area contributed by atoms with Crippen molar-refractivity contribution in [1.82, 2.24) is 15.1 Å². The number of hydrogen-bond acceptors (Lipinski definition) is 4. The Kier molecular flexibility index (Phi) is 6.14. The largest absolute Gasteiger partial charge is 0.375 e. The van der Waals surface area contributed by atoms with Gasteiger partial charge in [-0.2, -0.15) is 0 Å². The molecule has 3 fully saturated rings. The molecule has 3 saturated heterocycles. The summed E-state index contributed by atoms with van der Waals surface area (Å²) in [6.45, 7) is 9.80. The van der Waals surface area contributed by atoms with E-state index in [9.17, 15) is 0 Å². The lowest BCUT2D eigenvalue weighted by atomic mass is 10.1. The Bertz CT molecular complexity index is 398. The topological polar surface area (TPSA) is 49.3 Å². The molecule has 0 aromatic carbocycles. The molecule has 23 heavy (non-hydrogen) atoms. The summed E-state index contributed by atoms with van der Waals surface area (Å²) >= 11 is 0. The average Bonchev–Trinajstić information content (AvgIpc) is 3.23. The molecule has 0 saturated carbocycles. The maximum Gasteiger partial charge on any atom is 0.194 e. The van der Waals surface area contributed by atoms with Gasteiger partial charge in [-0.05, 0) is 45.7 Å². The molecule has 0 radical (unpaired) electrons. The van der Waals surface area contributed by atoms with Gasteiger partial charge in [0.1, 0.15) is 6.10 Å². The summed E-state index contributed by atoms with van der Waals surface area (Å²) in [5, 5.41) is 3.46. The Hall–Kier alpha value is -0.850. The zero-order valence-corrected chi connectivity index (χ0v) is 14.7. The van der Waals surface area contributed by atoms with Crippen molar-refractivity contribution in [3.05, 3.63) is 0 Å². The van der Waals surface area contributed by atoms with Crippen LogP contribution in [0, 0.1) is 5.92 Å². The molecule has 6 nitrogen and oxygen atoms in total. The number of guanidine groups is 1. The lowest BCUT2D eigenvalue weighted by molar-refractivity contribution is -0.0817. The van der Waals surface area contributed by atoms with Crippen LogP contribution in [0.1, 0.15) is 26.2 Å². The number of morpholine rings is 1. The van der Waals surface area contributed by atoms with E-state index in [1.165, 1.54) is 19.5 Å². The molecule has 0 aliphatic carbocycles. The number of ether oxygens (including phenoxy) is 2. The number of nitrogens with zero attached hydrogens (tertiary/aromatic N) is 3. The number of aliphatic imine (C=N–C) groups is 1. The van der Waals surface area contributed by atoms with Crippen LogP contribution in [0.25, 0.3) is 0 Å². The van der Waals surface area contributed by atoms with Gasteiger partial charge in [0.2, 0.25) is 0 Å². The molecule has 3 aliphatic heterocycles. The molecular weight excluding hydrogens is 292 g/mol. The fourth-order valence-corrected chi connectivity index (χ4v) is 3.81. The minimum absolute atomic E-state index is 0.188. The van der Waals surface area contributed by atoms with Crippen LogP contribution in [-0.2, 0) is 9.47 Å². The second-order valence-corrected chi connectivity index (χ2v) is 7.02. The SMILES string of the molecule is CCNC(=NCC1CCN(C)C1)N1CCOC(C2CCCO2)C1. The second kappa shape index (κ2) is 8.31. The zero-order chi connectivity index (χ0) is 16.1. The molecule has 3 atom stereocenters. The first-order valence-electron chi connectivity index (χ1n) is 9.21. The van der Waals surface area contributed by atoms with Crippen LogP contribution in [0.5, 0.6) is 0 Å². The number of hydrogen-bond donors (Lipinski definition) is 1. The highest BCUT2D eigenvalue weighted by atomic mass is 16.5. The highest BCUT2D eigenvalue weighted by Gasteiger charge is 2.32. The summed E-state index contributed by atoms with van der Waals surface area (Å²) in [5.74, 6) is 1.75. The Morgan fingerprint density at radius 3 is 2.70 bits per heavy atom.